The molecule has 0 N–H and O–H groups in total. The molecule has 2 atom stereocenters. The number of nitrogens with zero attached hydrogens (tertiary/aromatic N) is 6. The van der Waals surface area contributed by atoms with Crippen LogP contribution in [0.4, 0.5) is 10.5 Å². The number of amides is 1. The summed E-state index contributed by atoms with van der Waals surface area (Å²) in [7, 11) is 1.33. The molecule has 0 bridgehead atoms. The summed E-state index contributed by atoms with van der Waals surface area (Å²) in [6.07, 6.45) is 4.12. The Morgan fingerprint density at radius 3 is 2.61 bits per heavy atom. The van der Waals surface area contributed by atoms with E-state index in [-0.39, 0.29) is 17.8 Å². The standard InChI is InChI=1S/C21H30N6O4/c1-20(2,3)31-19(29)25-12-8-17-21(14-25,26-10-5-6-11-26)23-24-27(17)15-7-9-22-16(13-15)18(28)30-4/h7,9,13,17H,5-6,8,10-12,14H2,1-4H3. The maximum atomic E-state index is 12.8. The molecule has 0 aromatic carbocycles. The van der Waals surface area contributed by atoms with Crippen LogP contribution in [0.2, 0.25) is 0 Å². The molecule has 2 unspecified atom stereocenters. The Labute approximate surface area is 182 Å². The van der Waals surface area contributed by atoms with Crippen LogP contribution in [0.15, 0.2) is 28.7 Å². The lowest BCUT2D eigenvalue weighted by atomic mass is 9.90. The van der Waals surface area contributed by atoms with E-state index in [1.807, 2.05) is 31.8 Å². The van der Waals surface area contributed by atoms with Crippen molar-refractivity contribution in [3.05, 3.63) is 24.0 Å². The normalized spacial score (nSPS) is 26.1. The van der Waals surface area contributed by atoms with Gasteiger partial charge in [0.1, 0.15) is 11.3 Å². The summed E-state index contributed by atoms with van der Waals surface area (Å²) in [4.78, 5) is 32.9. The van der Waals surface area contributed by atoms with Gasteiger partial charge in [0.15, 0.2) is 5.66 Å². The molecular formula is C21H30N6O4. The topological polar surface area (TPSA) is 99.9 Å². The Bertz CT molecular complexity index is 879. The quantitative estimate of drug-likeness (QED) is 0.680. The lowest BCUT2D eigenvalue weighted by molar-refractivity contribution is -0.0115. The Morgan fingerprint density at radius 2 is 1.94 bits per heavy atom. The first-order valence-electron chi connectivity index (χ1n) is 10.7. The highest BCUT2D eigenvalue weighted by Gasteiger charge is 2.56. The molecule has 1 amide bonds. The summed E-state index contributed by atoms with van der Waals surface area (Å²) in [6.45, 7) is 8.39. The van der Waals surface area contributed by atoms with Crippen LogP contribution < -0.4 is 5.01 Å². The highest BCUT2D eigenvalue weighted by Crippen LogP contribution is 2.42. The summed E-state index contributed by atoms with van der Waals surface area (Å²) in [5.74, 6) is -0.497. The summed E-state index contributed by atoms with van der Waals surface area (Å²) >= 11 is 0. The number of likely N-dealkylation sites (tertiary alicyclic amines) is 2. The zero-order chi connectivity index (χ0) is 22.2. The van der Waals surface area contributed by atoms with Crippen LogP contribution in [0.25, 0.3) is 0 Å². The number of rotatable bonds is 3. The van der Waals surface area contributed by atoms with Crippen LogP contribution in [0.1, 0.15) is 50.5 Å². The van der Waals surface area contributed by atoms with Gasteiger partial charge in [-0.15, -0.1) is 5.11 Å². The maximum Gasteiger partial charge on any atom is 0.410 e. The first kappa shape index (κ1) is 21.5. The fraction of sp³-hybridized carbons (Fsp3) is 0.667. The van der Waals surface area contributed by atoms with E-state index in [0.29, 0.717) is 19.5 Å². The largest absolute Gasteiger partial charge is 0.464 e. The molecule has 3 aliphatic heterocycles. The summed E-state index contributed by atoms with van der Waals surface area (Å²) in [5.41, 5.74) is -0.240. The molecule has 1 aromatic rings. The number of aromatic nitrogens is 1. The number of fused-ring (bicyclic) bond motifs is 1. The van der Waals surface area contributed by atoms with Crippen molar-refractivity contribution in [3.63, 3.8) is 0 Å². The smallest absolute Gasteiger partial charge is 0.410 e. The van der Waals surface area contributed by atoms with Crippen molar-refractivity contribution >= 4 is 17.7 Å². The number of carbonyl (C=O) groups is 2. The lowest BCUT2D eigenvalue weighted by Crippen LogP contribution is -2.66. The minimum absolute atomic E-state index is 0.0582. The predicted octanol–water partition coefficient (Wildman–Crippen LogP) is 2.86. The van der Waals surface area contributed by atoms with Crippen LogP contribution in [0.3, 0.4) is 0 Å². The molecule has 168 valence electrons. The van der Waals surface area contributed by atoms with Crippen LogP contribution in [0, 0.1) is 0 Å². The fourth-order valence-corrected chi connectivity index (χ4v) is 4.55. The number of ether oxygens (including phenoxy) is 2. The minimum Gasteiger partial charge on any atom is -0.464 e. The van der Waals surface area contributed by atoms with Crippen molar-refractivity contribution in [1.82, 2.24) is 14.8 Å². The Hall–Kier alpha value is -2.75. The average molecular weight is 431 g/mol. The monoisotopic (exact) mass is 430 g/mol. The Balaban J connectivity index is 1.62. The number of hydrogen-bond acceptors (Lipinski definition) is 9. The number of carbonyl (C=O) groups excluding carboxylic acids is 2. The Morgan fingerprint density at radius 1 is 1.19 bits per heavy atom. The first-order valence-corrected chi connectivity index (χ1v) is 10.7. The van der Waals surface area contributed by atoms with Crippen LogP contribution in [-0.2, 0) is 9.47 Å². The van der Waals surface area contributed by atoms with Crippen molar-refractivity contribution in [1.29, 1.82) is 0 Å². The molecule has 1 aromatic heterocycles. The van der Waals surface area contributed by atoms with E-state index in [9.17, 15) is 9.59 Å². The van der Waals surface area contributed by atoms with Gasteiger partial charge in [0.25, 0.3) is 0 Å². The zero-order valence-corrected chi connectivity index (χ0v) is 18.6. The molecule has 4 rings (SSSR count). The van der Waals surface area contributed by atoms with Crippen molar-refractivity contribution in [2.75, 3.05) is 38.3 Å². The maximum absolute atomic E-state index is 12.8. The third kappa shape index (κ3) is 4.08. The number of esters is 1. The number of hydrogen-bond donors (Lipinski definition) is 0. The van der Waals surface area contributed by atoms with Gasteiger partial charge in [-0.2, -0.15) is 0 Å². The molecule has 10 heteroatoms. The van der Waals surface area contributed by atoms with Gasteiger partial charge < -0.3 is 14.4 Å². The van der Waals surface area contributed by atoms with E-state index in [1.165, 1.54) is 7.11 Å². The van der Waals surface area contributed by atoms with Gasteiger partial charge in [0.05, 0.1) is 25.4 Å². The first-order chi connectivity index (χ1) is 14.7. The van der Waals surface area contributed by atoms with Crippen LogP contribution >= 0.6 is 0 Å². The van der Waals surface area contributed by atoms with Crippen LogP contribution in [0.5, 0.6) is 0 Å². The van der Waals surface area contributed by atoms with E-state index in [0.717, 1.165) is 31.6 Å². The second-order valence-corrected chi connectivity index (χ2v) is 9.20. The van der Waals surface area contributed by atoms with Crippen LogP contribution in [-0.4, -0.2) is 77.4 Å². The number of anilines is 1. The molecule has 4 heterocycles. The van der Waals surface area contributed by atoms with E-state index in [1.54, 1.807) is 17.2 Å². The highest BCUT2D eigenvalue weighted by atomic mass is 16.6. The molecule has 10 nitrogen and oxygen atoms in total. The number of pyridine rings is 1. The zero-order valence-electron chi connectivity index (χ0n) is 18.6. The summed E-state index contributed by atoms with van der Waals surface area (Å²) in [5, 5.41) is 11.1. The van der Waals surface area contributed by atoms with E-state index < -0.39 is 17.2 Å². The molecular weight excluding hydrogens is 400 g/mol. The molecule has 3 aliphatic rings. The number of piperidine rings is 1. The second-order valence-electron chi connectivity index (χ2n) is 9.20. The van der Waals surface area contributed by atoms with Gasteiger partial charge >= 0.3 is 12.1 Å². The molecule has 2 fully saturated rings. The summed E-state index contributed by atoms with van der Waals surface area (Å²) in [6, 6.07) is 3.42. The van der Waals surface area contributed by atoms with Gasteiger partial charge in [-0.25, -0.2) is 19.6 Å². The van der Waals surface area contributed by atoms with Gasteiger partial charge in [-0.3, -0.25) is 4.90 Å². The van der Waals surface area contributed by atoms with Crippen molar-refractivity contribution in [3.8, 4) is 0 Å². The molecule has 2 saturated heterocycles. The average Bonchev–Trinajstić information content (AvgIpc) is 3.40. The second kappa shape index (κ2) is 8.07. The van der Waals surface area contributed by atoms with Gasteiger partial charge in [0.2, 0.25) is 0 Å². The Kier molecular flexibility index (Phi) is 5.59. The lowest BCUT2D eigenvalue weighted by Gasteiger charge is -2.47. The molecule has 0 aliphatic carbocycles. The van der Waals surface area contributed by atoms with E-state index >= 15 is 0 Å². The molecule has 0 saturated carbocycles. The van der Waals surface area contributed by atoms with Crippen molar-refractivity contribution in [2.24, 2.45) is 10.3 Å². The fourth-order valence-electron chi connectivity index (χ4n) is 4.55. The molecule has 0 spiro atoms. The van der Waals surface area contributed by atoms with Gasteiger partial charge in [-0.05, 0) is 52.2 Å². The van der Waals surface area contributed by atoms with Gasteiger partial charge in [-0.1, -0.05) is 5.22 Å². The third-order valence-electron chi connectivity index (χ3n) is 5.95. The molecule has 31 heavy (non-hydrogen) atoms. The van der Waals surface area contributed by atoms with Crippen molar-refractivity contribution < 1.29 is 19.1 Å². The minimum atomic E-state index is -0.639. The van der Waals surface area contributed by atoms with E-state index in [2.05, 4.69) is 15.1 Å². The van der Waals surface area contributed by atoms with Crippen molar-refractivity contribution in [2.45, 2.75) is 57.3 Å². The SMILES string of the molecule is COC(=O)c1cc(N2N=NC3(N4CCCC4)CN(C(=O)OC(C)(C)C)CCC23)ccn1. The third-order valence-corrected chi connectivity index (χ3v) is 5.95. The van der Waals surface area contributed by atoms with Gasteiger partial charge in [0, 0.05) is 25.8 Å². The predicted molar refractivity (Wildman–Crippen MR) is 113 cm³/mol. The van der Waals surface area contributed by atoms with E-state index in [4.69, 9.17) is 14.6 Å². The number of methoxy groups -OCH3 is 1. The molecule has 0 radical (unpaired) electrons. The highest BCUT2D eigenvalue weighted by molar-refractivity contribution is 5.88. The summed E-state index contributed by atoms with van der Waals surface area (Å²) < 4.78 is 10.4.